The lowest BCUT2D eigenvalue weighted by Gasteiger charge is -2.25. The maximum atomic E-state index is 11.1. The molecule has 0 radical (unpaired) electrons. The van der Waals surface area contributed by atoms with Crippen LogP contribution in [0, 0.1) is 0 Å². The first-order valence-electron chi connectivity index (χ1n) is 6.09. The highest BCUT2D eigenvalue weighted by molar-refractivity contribution is 9.10. The first-order valence-corrected chi connectivity index (χ1v) is 6.88. The minimum absolute atomic E-state index is 0.0378. The summed E-state index contributed by atoms with van der Waals surface area (Å²) in [5, 5.41) is 8.72. The molecule has 1 atom stereocenters. The second-order valence-corrected chi connectivity index (χ2v) is 5.23. The van der Waals surface area contributed by atoms with Gasteiger partial charge in [0.2, 0.25) is 0 Å². The highest BCUT2D eigenvalue weighted by Gasteiger charge is 2.25. The molecule has 0 aromatic heterocycles. The number of nitrogens with two attached hydrogens (primary N) is 1. The zero-order valence-electron chi connectivity index (χ0n) is 10.6. The number of carboxylic acid groups (broad SMARTS) is 1. The van der Waals surface area contributed by atoms with E-state index in [1.54, 1.807) is 6.07 Å². The lowest BCUT2D eigenvalue weighted by atomic mass is 9.99. The van der Waals surface area contributed by atoms with Gasteiger partial charge in [-0.3, -0.25) is 9.59 Å². The minimum atomic E-state index is -0.907. The van der Waals surface area contributed by atoms with Crippen LogP contribution < -0.4 is 15.2 Å². The molecule has 1 aliphatic heterocycles. The Hall–Kier alpha value is -1.60. The van der Waals surface area contributed by atoms with E-state index in [-0.39, 0.29) is 12.8 Å². The number of benzene rings is 1. The van der Waals surface area contributed by atoms with Crippen LogP contribution in [-0.4, -0.2) is 30.6 Å². The molecule has 20 heavy (non-hydrogen) atoms. The molecule has 6 nitrogen and oxygen atoms in total. The Labute approximate surface area is 124 Å². The van der Waals surface area contributed by atoms with Gasteiger partial charge in [0.05, 0.1) is 5.56 Å². The van der Waals surface area contributed by atoms with E-state index in [1.165, 1.54) is 0 Å². The molecule has 0 spiro atoms. The van der Waals surface area contributed by atoms with Gasteiger partial charge in [-0.25, -0.2) is 0 Å². The van der Waals surface area contributed by atoms with Crippen LogP contribution in [0.25, 0.3) is 0 Å². The van der Waals surface area contributed by atoms with Crippen molar-refractivity contribution in [3.63, 3.8) is 0 Å². The van der Waals surface area contributed by atoms with Crippen LogP contribution in [-0.2, 0) is 4.79 Å². The number of carbonyl (C=O) groups is 2. The topological polar surface area (TPSA) is 98.9 Å². The van der Waals surface area contributed by atoms with Gasteiger partial charge in [-0.15, -0.1) is 0 Å². The van der Waals surface area contributed by atoms with Crippen molar-refractivity contribution in [2.75, 3.05) is 13.2 Å². The fourth-order valence-corrected chi connectivity index (χ4v) is 2.56. The van der Waals surface area contributed by atoms with E-state index < -0.39 is 12.0 Å². The predicted molar refractivity (Wildman–Crippen MR) is 74.3 cm³/mol. The molecule has 0 amide bonds. The summed E-state index contributed by atoms with van der Waals surface area (Å²) in [5.41, 5.74) is 7.03. The predicted octanol–water partition coefficient (Wildman–Crippen LogP) is 1.90. The molecule has 0 fully saturated rings. The molecule has 108 valence electrons. The Morgan fingerprint density at radius 3 is 2.70 bits per heavy atom. The highest BCUT2D eigenvalue weighted by atomic mass is 79.9. The number of rotatable bonds is 5. The molecule has 2 rings (SSSR count). The molecule has 0 saturated heterocycles. The van der Waals surface area contributed by atoms with E-state index >= 15 is 0 Å². The lowest BCUT2D eigenvalue weighted by molar-refractivity contribution is -0.137. The van der Waals surface area contributed by atoms with Crippen molar-refractivity contribution < 1.29 is 24.2 Å². The third-order valence-electron chi connectivity index (χ3n) is 3.02. The second kappa shape index (κ2) is 6.23. The third-order valence-corrected chi connectivity index (χ3v) is 3.67. The first-order chi connectivity index (χ1) is 9.54. The van der Waals surface area contributed by atoms with Crippen LogP contribution in [0.15, 0.2) is 10.5 Å². The zero-order valence-corrected chi connectivity index (χ0v) is 12.2. The molecule has 1 aromatic rings. The van der Waals surface area contributed by atoms with Crippen molar-refractivity contribution in [3.8, 4) is 11.5 Å². The monoisotopic (exact) mass is 343 g/mol. The normalized spacial score (nSPS) is 14.7. The van der Waals surface area contributed by atoms with Crippen molar-refractivity contribution in [3.05, 3.63) is 21.7 Å². The van der Waals surface area contributed by atoms with E-state index in [1.807, 2.05) is 0 Å². The van der Waals surface area contributed by atoms with E-state index in [4.69, 9.17) is 20.3 Å². The van der Waals surface area contributed by atoms with Gasteiger partial charge in [0.25, 0.3) is 0 Å². The zero-order chi connectivity index (χ0) is 14.7. The number of aliphatic carboxylic acids is 1. The van der Waals surface area contributed by atoms with Crippen LogP contribution in [0.5, 0.6) is 11.5 Å². The SMILES string of the molecule is NC(CCC(=O)O)c1cc(Br)c(C=O)c2c1OCCO2. The molecule has 1 unspecified atom stereocenters. The number of carboxylic acids is 1. The Morgan fingerprint density at radius 1 is 1.45 bits per heavy atom. The lowest BCUT2D eigenvalue weighted by Crippen LogP contribution is -2.21. The maximum absolute atomic E-state index is 11.1. The summed E-state index contributed by atoms with van der Waals surface area (Å²) < 4.78 is 11.6. The minimum Gasteiger partial charge on any atom is -0.486 e. The molecule has 0 bridgehead atoms. The van der Waals surface area contributed by atoms with Gasteiger partial charge in [0.15, 0.2) is 17.8 Å². The summed E-state index contributed by atoms with van der Waals surface area (Å²) in [5.74, 6) is -0.115. The van der Waals surface area contributed by atoms with Gasteiger partial charge in [0.1, 0.15) is 13.2 Å². The van der Waals surface area contributed by atoms with E-state index in [0.717, 1.165) is 0 Å². The van der Waals surface area contributed by atoms with Gasteiger partial charge >= 0.3 is 5.97 Å². The van der Waals surface area contributed by atoms with Crippen LogP contribution in [0.3, 0.4) is 0 Å². The van der Waals surface area contributed by atoms with E-state index in [2.05, 4.69) is 15.9 Å². The summed E-state index contributed by atoms with van der Waals surface area (Å²) >= 11 is 3.30. The summed E-state index contributed by atoms with van der Waals surface area (Å²) in [7, 11) is 0. The van der Waals surface area contributed by atoms with Gasteiger partial charge in [-0.05, 0) is 28.4 Å². The van der Waals surface area contributed by atoms with E-state index in [9.17, 15) is 9.59 Å². The Bertz CT molecular complexity index is 546. The van der Waals surface area contributed by atoms with Crippen LogP contribution in [0.4, 0.5) is 0 Å². The fourth-order valence-electron chi connectivity index (χ4n) is 2.04. The van der Waals surface area contributed by atoms with Crippen LogP contribution >= 0.6 is 15.9 Å². The van der Waals surface area contributed by atoms with E-state index in [0.29, 0.717) is 46.6 Å². The van der Waals surface area contributed by atoms with Crippen molar-refractivity contribution in [1.82, 2.24) is 0 Å². The standard InChI is InChI=1S/C13H14BrNO5/c14-9-5-7(10(15)1-2-11(17)18)12-13(8(9)6-16)20-4-3-19-12/h5-6,10H,1-4,15H2,(H,17,18). The largest absolute Gasteiger partial charge is 0.486 e. The number of hydrogen-bond donors (Lipinski definition) is 2. The van der Waals surface area contributed by atoms with Crippen LogP contribution in [0.2, 0.25) is 0 Å². The van der Waals surface area contributed by atoms with Gasteiger partial charge < -0.3 is 20.3 Å². The molecule has 7 heteroatoms. The maximum Gasteiger partial charge on any atom is 0.303 e. The van der Waals surface area contributed by atoms with Crippen molar-refractivity contribution >= 4 is 28.2 Å². The van der Waals surface area contributed by atoms with Gasteiger partial charge in [-0.2, -0.15) is 0 Å². The molecule has 1 aliphatic rings. The molecule has 1 heterocycles. The average Bonchev–Trinajstić information content (AvgIpc) is 2.44. The second-order valence-electron chi connectivity index (χ2n) is 4.37. The molecule has 0 saturated carbocycles. The van der Waals surface area contributed by atoms with Crippen LogP contribution in [0.1, 0.15) is 34.8 Å². The quantitative estimate of drug-likeness (QED) is 0.792. The fraction of sp³-hybridized carbons (Fsp3) is 0.385. The average molecular weight is 344 g/mol. The summed E-state index contributed by atoms with van der Waals surface area (Å²) in [6, 6.07) is 1.18. The molecule has 1 aromatic carbocycles. The Balaban J connectivity index is 2.40. The highest BCUT2D eigenvalue weighted by Crippen LogP contribution is 2.43. The number of halogens is 1. The molecule has 3 N–H and O–H groups in total. The molecular formula is C13H14BrNO5. The Kier molecular flexibility index (Phi) is 4.61. The number of ether oxygens (including phenoxy) is 2. The van der Waals surface area contributed by atoms with Crippen molar-refractivity contribution in [2.45, 2.75) is 18.9 Å². The molecule has 0 aliphatic carbocycles. The van der Waals surface area contributed by atoms with Gasteiger partial charge in [0, 0.05) is 22.5 Å². The number of fused-ring (bicyclic) bond motifs is 1. The molecular weight excluding hydrogens is 330 g/mol. The van der Waals surface area contributed by atoms with Gasteiger partial charge in [-0.1, -0.05) is 0 Å². The third kappa shape index (κ3) is 2.94. The number of aldehydes is 1. The van der Waals surface area contributed by atoms with Crippen molar-refractivity contribution in [1.29, 1.82) is 0 Å². The Morgan fingerprint density at radius 2 is 2.10 bits per heavy atom. The number of hydrogen-bond acceptors (Lipinski definition) is 5. The smallest absolute Gasteiger partial charge is 0.303 e. The number of carbonyl (C=O) groups excluding carboxylic acids is 1. The summed E-state index contributed by atoms with van der Waals surface area (Å²) in [4.78, 5) is 21.7. The van der Waals surface area contributed by atoms with Crippen molar-refractivity contribution in [2.24, 2.45) is 5.73 Å². The summed E-state index contributed by atoms with van der Waals surface area (Å²) in [6.07, 6.45) is 0.923. The first kappa shape index (κ1) is 14.8. The summed E-state index contributed by atoms with van der Waals surface area (Å²) in [6.45, 7) is 0.722.